The standard InChI is InChI=1S/C11H22N2O/c1-9(2)8-10(12-3)11(14)13-6-4-5-7-13/h9-10,12H,4-8H2,1-3H3. The average molecular weight is 198 g/mol. The summed E-state index contributed by atoms with van der Waals surface area (Å²) in [6, 6.07) is 0.0214. The van der Waals surface area contributed by atoms with Gasteiger partial charge in [0.2, 0.25) is 5.91 Å². The molecular formula is C11H22N2O. The van der Waals surface area contributed by atoms with E-state index >= 15 is 0 Å². The van der Waals surface area contributed by atoms with Crippen LogP contribution in [0.15, 0.2) is 0 Å². The van der Waals surface area contributed by atoms with Crippen LogP contribution in [0.5, 0.6) is 0 Å². The molecule has 0 aliphatic carbocycles. The summed E-state index contributed by atoms with van der Waals surface area (Å²) in [6.45, 7) is 6.22. The number of carbonyl (C=O) groups is 1. The van der Waals surface area contributed by atoms with Crippen molar-refractivity contribution in [2.75, 3.05) is 20.1 Å². The van der Waals surface area contributed by atoms with Gasteiger partial charge in [-0.25, -0.2) is 0 Å². The minimum absolute atomic E-state index is 0.0214. The van der Waals surface area contributed by atoms with E-state index in [4.69, 9.17) is 0 Å². The number of hydrogen-bond donors (Lipinski definition) is 1. The first-order valence-electron chi connectivity index (χ1n) is 5.61. The topological polar surface area (TPSA) is 32.3 Å². The number of rotatable bonds is 4. The molecule has 1 N–H and O–H groups in total. The second-order valence-corrected chi connectivity index (χ2v) is 4.50. The van der Waals surface area contributed by atoms with Crippen molar-refractivity contribution in [2.45, 2.75) is 39.2 Å². The maximum absolute atomic E-state index is 12.0. The van der Waals surface area contributed by atoms with Crippen molar-refractivity contribution >= 4 is 5.91 Å². The second kappa shape index (κ2) is 5.35. The molecule has 1 unspecified atom stereocenters. The third-order valence-electron chi connectivity index (χ3n) is 2.77. The minimum atomic E-state index is 0.0214. The van der Waals surface area contributed by atoms with Crippen molar-refractivity contribution in [3.63, 3.8) is 0 Å². The van der Waals surface area contributed by atoms with Gasteiger partial charge in [0.15, 0.2) is 0 Å². The molecule has 1 amide bonds. The Bertz CT molecular complexity index is 186. The van der Waals surface area contributed by atoms with Crippen LogP contribution in [0.2, 0.25) is 0 Å². The van der Waals surface area contributed by atoms with Crippen LogP contribution in [0.1, 0.15) is 33.1 Å². The molecule has 0 bridgehead atoms. The Balaban J connectivity index is 2.46. The zero-order valence-electron chi connectivity index (χ0n) is 9.55. The summed E-state index contributed by atoms with van der Waals surface area (Å²) in [5, 5.41) is 3.12. The molecule has 0 spiro atoms. The molecule has 0 radical (unpaired) electrons. The van der Waals surface area contributed by atoms with Gasteiger partial charge in [-0.15, -0.1) is 0 Å². The second-order valence-electron chi connectivity index (χ2n) is 4.50. The van der Waals surface area contributed by atoms with E-state index in [-0.39, 0.29) is 6.04 Å². The Morgan fingerprint density at radius 2 is 1.93 bits per heavy atom. The first kappa shape index (κ1) is 11.5. The number of nitrogens with one attached hydrogen (secondary N) is 1. The third kappa shape index (κ3) is 2.98. The summed E-state index contributed by atoms with van der Waals surface area (Å²) in [6.07, 6.45) is 3.28. The van der Waals surface area contributed by atoms with Gasteiger partial charge in [0.1, 0.15) is 0 Å². The molecule has 0 saturated carbocycles. The van der Waals surface area contributed by atoms with E-state index in [9.17, 15) is 4.79 Å². The normalized spacial score (nSPS) is 19.0. The fraction of sp³-hybridized carbons (Fsp3) is 0.909. The van der Waals surface area contributed by atoms with Gasteiger partial charge in [0.25, 0.3) is 0 Å². The molecule has 0 aromatic carbocycles. The van der Waals surface area contributed by atoms with Crippen LogP contribution < -0.4 is 5.32 Å². The van der Waals surface area contributed by atoms with E-state index in [1.54, 1.807) is 0 Å². The van der Waals surface area contributed by atoms with Gasteiger partial charge in [-0.1, -0.05) is 13.8 Å². The van der Waals surface area contributed by atoms with E-state index in [2.05, 4.69) is 19.2 Å². The predicted molar refractivity (Wildman–Crippen MR) is 58.1 cm³/mol. The molecular weight excluding hydrogens is 176 g/mol. The monoisotopic (exact) mass is 198 g/mol. The van der Waals surface area contributed by atoms with Gasteiger partial charge in [-0.2, -0.15) is 0 Å². The summed E-state index contributed by atoms with van der Waals surface area (Å²) in [5.74, 6) is 0.859. The van der Waals surface area contributed by atoms with Crippen molar-refractivity contribution in [1.29, 1.82) is 0 Å². The van der Waals surface area contributed by atoms with Crippen molar-refractivity contribution < 1.29 is 4.79 Å². The summed E-state index contributed by atoms with van der Waals surface area (Å²) in [5.41, 5.74) is 0. The molecule has 0 aromatic rings. The molecule has 1 aliphatic rings. The Morgan fingerprint density at radius 1 is 1.36 bits per heavy atom. The van der Waals surface area contributed by atoms with E-state index in [1.165, 1.54) is 12.8 Å². The highest BCUT2D eigenvalue weighted by atomic mass is 16.2. The van der Waals surface area contributed by atoms with Crippen molar-refractivity contribution in [3.05, 3.63) is 0 Å². The van der Waals surface area contributed by atoms with Crippen molar-refractivity contribution in [2.24, 2.45) is 5.92 Å². The van der Waals surface area contributed by atoms with Crippen LogP contribution in [-0.4, -0.2) is 37.0 Å². The predicted octanol–water partition coefficient (Wildman–Crippen LogP) is 1.24. The number of nitrogens with zero attached hydrogens (tertiary/aromatic N) is 1. The number of amides is 1. The third-order valence-corrected chi connectivity index (χ3v) is 2.77. The maximum Gasteiger partial charge on any atom is 0.239 e. The molecule has 14 heavy (non-hydrogen) atoms. The van der Waals surface area contributed by atoms with E-state index in [0.29, 0.717) is 11.8 Å². The fourth-order valence-electron chi connectivity index (χ4n) is 1.97. The summed E-state index contributed by atoms with van der Waals surface area (Å²) < 4.78 is 0. The van der Waals surface area contributed by atoms with Crippen LogP contribution in [-0.2, 0) is 4.79 Å². The molecule has 3 nitrogen and oxygen atoms in total. The zero-order chi connectivity index (χ0) is 10.6. The molecule has 1 saturated heterocycles. The Kier molecular flexibility index (Phi) is 4.39. The lowest BCUT2D eigenvalue weighted by molar-refractivity contribution is -0.132. The zero-order valence-corrected chi connectivity index (χ0v) is 9.55. The van der Waals surface area contributed by atoms with Crippen molar-refractivity contribution in [3.8, 4) is 0 Å². The molecule has 1 fully saturated rings. The molecule has 1 heterocycles. The molecule has 1 aliphatic heterocycles. The largest absolute Gasteiger partial charge is 0.341 e. The number of likely N-dealkylation sites (tertiary alicyclic amines) is 1. The van der Waals surface area contributed by atoms with E-state index in [1.807, 2.05) is 11.9 Å². The first-order chi connectivity index (χ1) is 6.65. The van der Waals surface area contributed by atoms with Gasteiger partial charge >= 0.3 is 0 Å². The Hall–Kier alpha value is -0.570. The highest BCUT2D eigenvalue weighted by Crippen LogP contribution is 2.12. The van der Waals surface area contributed by atoms with Gasteiger partial charge in [-0.3, -0.25) is 4.79 Å². The molecule has 1 rings (SSSR count). The van der Waals surface area contributed by atoms with Gasteiger partial charge in [0, 0.05) is 13.1 Å². The maximum atomic E-state index is 12.0. The van der Waals surface area contributed by atoms with E-state index < -0.39 is 0 Å². The van der Waals surface area contributed by atoms with Crippen LogP contribution in [0, 0.1) is 5.92 Å². The summed E-state index contributed by atoms with van der Waals surface area (Å²) >= 11 is 0. The lowest BCUT2D eigenvalue weighted by Crippen LogP contribution is -2.44. The van der Waals surface area contributed by atoms with Gasteiger partial charge < -0.3 is 10.2 Å². The lowest BCUT2D eigenvalue weighted by atomic mass is 10.0. The van der Waals surface area contributed by atoms with E-state index in [0.717, 1.165) is 19.5 Å². The fourth-order valence-corrected chi connectivity index (χ4v) is 1.97. The quantitative estimate of drug-likeness (QED) is 0.737. The smallest absolute Gasteiger partial charge is 0.239 e. The van der Waals surface area contributed by atoms with Gasteiger partial charge in [0.05, 0.1) is 6.04 Å². The average Bonchev–Trinajstić information content (AvgIpc) is 2.65. The van der Waals surface area contributed by atoms with Gasteiger partial charge in [-0.05, 0) is 32.2 Å². The molecule has 3 heteroatoms. The Labute approximate surface area is 86.9 Å². The molecule has 1 atom stereocenters. The molecule has 0 aromatic heterocycles. The molecule has 82 valence electrons. The number of likely N-dealkylation sites (N-methyl/N-ethyl adjacent to an activating group) is 1. The van der Waals surface area contributed by atoms with Crippen LogP contribution in [0.25, 0.3) is 0 Å². The van der Waals surface area contributed by atoms with Crippen LogP contribution in [0.3, 0.4) is 0 Å². The highest BCUT2D eigenvalue weighted by Gasteiger charge is 2.25. The summed E-state index contributed by atoms with van der Waals surface area (Å²) in [7, 11) is 1.88. The van der Waals surface area contributed by atoms with Crippen LogP contribution >= 0.6 is 0 Å². The Morgan fingerprint density at radius 3 is 2.36 bits per heavy atom. The summed E-state index contributed by atoms with van der Waals surface area (Å²) in [4.78, 5) is 14.0. The first-order valence-corrected chi connectivity index (χ1v) is 5.61. The minimum Gasteiger partial charge on any atom is -0.341 e. The highest BCUT2D eigenvalue weighted by molar-refractivity contribution is 5.82. The SMILES string of the molecule is CNC(CC(C)C)C(=O)N1CCCC1. The number of hydrogen-bond acceptors (Lipinski definition) is 2. The van der Waals surface area contributed by atoms with Crippen LogP contribution in [0.4, 0.5) is 0 Å². The number of carbonyl (C=O) groups excluding carboxylic acids is 1. The van der Waals surface area contributed by atoms with Crippen molar-refractivity contribution in [1.82, 2.24) is 10.2 Å². The lowest BCUT2D eigenvalue weighted by Gasteiger charge is -2.23.